The fourth-order valence-electron chi connectivity index (χ4n) is 2.91. The summed E-state index contributed by atoms with van der Waals surface area (Å²) in [7, 11) is 0. The zero-order chi connectivity index (χ0) is 15.6. The van der Waals surface area contributed by atoms with Gasteiger partial charge < -0.3 is 5.32 Å². The van der Waals surface area contributed by atoms with Gasteiger partial charge in [0.25, 0.3) is 0 Å². The Morgan fingerprint density at radius 1 is 1.48 bits per heavy atom. The molecule has 0 aromatic heterocycles. The van der Waals surface area contributed by atoms with E-state index in [2.05, 4.69) is 37.9 Å². The standard InChI is InChI=1S/C17H26ClFN2/c1-5-17(4)11-20-16(12(2)3)10-21(17)9-13-8-14(18)6-7-15(13)19/h6-8,12,16,20H,5,9-11H2,1-4H3. The molecule has 1 N–H and O–H groups in total. The summed E-state index contributed by atoms with van der Waals surface area (Å²) >= 11 is 6.02. The lowest BCUT2D eigenvalue weighted by molar-refractivity contribution is 0.0308. The summed E-state index contributed by atoms with van der Waals surface area (Å²) in [5.41, 5.74) is 0.742. The van der Waals surface area contributed by atoms with Gasteiger partial charge in [0.1, 0.15) is 5.82 Å². The molecule has 0 radical (unpaired) electrons. The molecule has 0 spiro atoms. The zero-order valence-electron chi connectivity index (χ0n) is 13.4. The number of hydrogen-bond acceptors (Lipinski definition) is 2. The second-order valence-corrected chi connectivity index (χ2v) is 7.13. The van der Waals surface area contributed by atoms with Gasteiger partial charge in [0, 0.05) is 41.8 Å². The van der Waals surface area contributed by atoms with Crippen LogP contribution in [0.25, 0.3) is 0 Å². The van der Waals surface area contributed by atoms with Crippen molar-refractivity contribution >= 4 is 11.6 Å². The molecule has 2 unspecified atom stereocenters. The van der Waals surface area contributed by atoms with Gasteiger partial charge >= 0.3 is 0 Å². The Bertz CT molecular complexity index is 492. The fourth-order valence-corrected chi connectivity index (χ4v) is 3.10. The van der Waals surface area contributed by atoms with Crippen LogP contribution in [0.15, 0.2) is 18.2 Å². The van der Waals surface area contributed by atoms with Crippen molar-refractivity contribution in [2.24, 2.45) is 5.92 Å². The summed E-state index contributed by atoms with van der Waals surface area (Å²) < 4.78 is 14.0. The van der Waals surface area contributed by atoms with Crippen molar-refractivity contribution in [3.8, 4) is 0 Å². The van der Waals surface area contributed by atoms with Crippen LogP contribution >= 0.6 is 11.6 Å². The van der Waals surface area contributed by atoms with Crippen LogP contribution in [0.1, 0.15) is 39.7 Å². The monoisotopic (exact) mass is 312 g/mol. The minimum Gasteiger partial charge on any atom is -0.311 e. The third-order valence-electron chi connectivity index (χ3n) is 4.86. The van der Waals surface area contributed by atoms with Gasteiger partial charge in [-0.15, -0.1) is 0 Å². The van der Waals surface area contributed by atoms with E-state index in [1.807, 2.05) is 0 Å². The number of nitrogens with one attached hydrogen (secondary N) is 1. The van der Waals surface area contributed by atoms with E-state index >= 15 is 0 Å². The molecule has 1 fully saturated rings. The molecule has 118 valence electrons. The molecule has 1 aliphatic heterocycles. The van der Waals surface area contributed by atoms with Gasteiger partial charge in [-0.3, -0.25) is 4.90 Å². The fraction of sp³-hybridized carbons (Fsp3) is 0.647. The summed E-state index contributed by atoms with van der Waals surface area (Å²) in [6.07, 6.45) is 1.03. The SMILES string of the molecule is CCC1(C)CNC(C(C)C)CN1Cc1cc(Cl)ccc1F. The van der Waals surface area contributed by atoms with Gasteiger partial charge in [0.2, 0.25) is 0 Å². The molecule has 0 aliphatic carbocycles. The number of hydrogen-bond donors (Lipinski definition) is 1. The van der Waals surface area contributed by atoms with Gasteiger partial charge in [0.15, 0.2) is 0 Å². The van der Waals surface area contributed by atoms with E-state index in [0.29, 0.717) is 29.1 Å². The molecule has 2 rings (SSSR count). The predicted octanol–water partition coefficient (Wildman–Crippen LogP) is 4.08. The smallest absolute Gasteiger partial charge is 0.127 e. The van der Waals surface area contributed by atoms with Crippen molar-refractivity contribution in [3.05, 3.63) is 34.6 Å². The van der Waals surface area contributed by atoms with E-state index in [4.69, 9.17) is 11.6 Å². The highest BCUT2D eigenvalue weighted by Gasteiger charge is 2.37. The van der Waals surface area contributed by atoms with E-state index in [-0.39, 0.29) is 11.4 Å². The van der Waals surface area contributed by atoms with Crippen LogP contribution in [-0.4, -0.2) is 29.6 Å². The van der Waals surface area contributed by atoms with Gasteiger partial charge in [-0.25, -0.2) is 4.39 Å². The van der Waals surface area contributed by atoms with Crippen LogP contribution < -0.4 is 5.32 Å². The second kappa shape index (κ2) is 6.64. The summed E-state index contributed by atoms with van der Waals surface area (Å²) in [5, 5.41) is 4.24. The van der Waals surface area contributed by atoms with E-state index in [1.54, 1.807) is 12.1 Å². The third-order valence-corrected chi connectivity index (χ3v) is 5.10. The number of halogens is 2. The van der Waals surface area contributed by atoms with E-state index in [0.717, 1.165) is 19.5 Å². The highest BCUT2D eigenvalue weighted by Crippen LogP contribution is 2.28. The number of nitrogens with zero attached hydrogens (tertiary/aromatic N) is 1. The molecular formula is C17H26ClFN2. The molecule has 2 atom stereocenters. The molecule has 1 aromatic rings. The Morgan fingerprint density at radius 2 is 2.19 bits per heavy atom. The van der Waals surface area contributed by atoms with Crippen LogP contribution in [-0.2, 0) is 6.54 Å². The van der Waals surface area contributed by atoms with Gasteiger partial charge in [0.05, 0.1) is 0 Å². The molecule has 1 aliphatic rings. The predicted molar refractivity (Wildman–Crippen MR) is 87.1 cm³/mol. The molecule has 1 heterocycles. The minimum atomic E-state index is -0.169. The first kappa shape index (κ1) is 16.7. The zero-order valence-corrected chi connectivity index (χ0v) is 14.2. The van der Waals surface area contributed by atoms with Gasteiger partial charge in [-0.05, 0) is 37.5 Å². The molecular weight excluding hydrogens is 287 g/mol. The maximum Gasteiger partial charge on any atom is 0.127 e. The summed E-state index contributed by atoms with van der Waals surface area (Å²) in [6, 6.07) is 5.27. The average molecular weight is 313 g/mol. The molecule has 1 aromatic carbocycles. The summed E-state index contributed by atoms with van der Waals surface area (Å²) in [5.74, 6) is 0.399. The molecule has 21 heavy (non-hydrogen) atoms. The van der Waals surface area contributed by atoms with E-state index in [9.17, 15) is 4.39 Å². The van der Waals surface area contributed by atoms with Crippen molar-refractivity contribution < 1.29 is 4.39 Å². The number of benzene rings is 1. The van der Waals surface area contributed by atoms with Crippen LogP contribution in [0.3, 0.4) is 0 Å². The Hall–Kier alpha value is -0.640. The first-order chi connectivity index (χ1) is 9.85. The van der Waals surface area contributed by atoms with Crippen LogP contribution in [0, 0.1) is 11.7 Å². The minimum absolute atomic E-state index is 0.0557. The molecule has 2 nitrogen and oxygen atoms in total. The lowest BCUT2D eigenvalue weighted by Gasteiger charge is -2.49. The maximum atomic E-state index is 14.0. The normalized spacial score (nSPS) is 27.3. The Morgan fingerprint density at radius 3 is 2.81 bits per heavy atom. The van der Waals surface area contributed by atoms with Crippen LogP contribution in [0.2, 0.25) is 5.02 Å². The van der Waals surface area contributed by atoms with Crippen molar-refractivity contribution in [2.75, 3.05) is 13.1 Å². The van der Waals surface area contributed by atoms with Crippen molar-refractivity contribution in [2.45, 2.75) is 52.2 Å². The Kier molecular flexibility index (Phi) is 5.29. The lowest BCUT2D eigenvalue weighted by atomic mass is 9.89. The first-order valence-corrected chi connectivity index (χ1v) is 8.16. The quantitative estimate of drug-likeness (QED) is 0.901. The average Bonchev–Trinajstić information content (AvgIpc) is 2.45. The molecule has 0 amide bonds. The Balaban J connectivity index is 2.22. The number of piperazine rings is 1. The van der Waals surface area contributed by atoms with Gasteiger partial charge in [-0.2, -0.15) is 0 Å². The highest BCUT2D eigenvalue weighted by molar-refractivity contribution is 6.30. The van der Waals surface area contributed by atoms with Crippen molar-refractivity contribution in [1.29, 1.82) is 0 Å². The van der Waals surface area contributed by atoms with Gasteiger partial charge in [-0.1, -0.05) is 32.4 Å². The lowest BCUT2D eigenvalue weighted by Crippen LogP contribution is -2.63. The van der Waals surface area contributed by atoms with Crippen molar-refractivity contribution in [1.82, 2.24) is 10.2 Å². The molecule has 0 bridgehead atoms. The largest absolute Gasteiger partial charge is 0.311 e. The van der Waals surface area contributed by atoms with Crippen molar-refractivity contribution in [3.63, 3.8) is 0 Å². The number of rotatable bonds is 4. The molecule has 0 saturated carbocycles. The highest BCUT2D eigenvalue weighted by atomic mass is 35.5. The van der Waals surface area contributed by atoms with E-state index in [1.165, 1.54) is 6.07 Å². The third kappa shape index (κ3) is 3.77. The second-order valence-electron chi connectivity index (χ2n) is 6.70. The van der Waals surface area contributed by atoms with Crippen LogP contribution in [0.4, 0.5) is 4.39 Å². The topological polar surface area (TPSA) is 15.3 Å². The maximum absolute atomic E-state index is 14.0. The van der Waals surface area contributed by atoms with E-state index < -0.39 is 0 Å². The first-order valence-electron chi connectivity index (χ1n) is 7.78. The summed E-state index contributed by atoms with van der Waals surface area (Å²) in [4.78, 5) is 2.41. The Labute approximate surface area is 132 Å². The molecule has 4 heteroatoms. The molecule has 1 saturated heterocycles. The summed E-state index contributed by atoms with van der Waals surface area (Å²) in [6.45, 7) is 11.4. The van der Waals surface area contributed by atoms with Crippen LogP contribution in [0.5, 0.6) is 0 Å².